The Bertz CT molecular complexity index is 276. The van der Waals surface area contributed by atoms with Crippen molar-refractivity contribution in [2.24, 2.45) is 0 Å². The Morgan fingerprint density at radius 1 is 1.41 bits per heavy atom. The molecule has 1 amide bonds. The summed E-state index contributed by atoms with van der Waals surface area (Å²) in [6.45, 7) is 9.81. The van der Waals surface area contributed by atoms with Crippen LogP contribution in [0.4, 0.5) is 9.18 Å². The Morgan fingerprint density at radius 2 is 2.00 bits per heavy atom. The van der Waals surface area contributed by atoms with Gasteiger partial charge in [0.05, 0.1) is 12.6 Å². The van der Waals surface area contributed by atoms with Crippen LogP contribution in [0.1, 0.15) is 34.6 Å². The number of nitrogens with zero attached hydrogens (tertiary/aromatic N) is 1. The zero-order chi connectivity index (χ0) is 13.2. The van der Waals surface area contributed by atoms with E-state index < -0.39 is 17.9 Å². The van der Waals surface area contributed by atoms with Gasteiger partial charge in [-0.15, -0.1) is 0 Å². The number of hydrogen-bond donors (Lipinski definition) is 1. The zero-order valence-electron chi connectivity index (χ0n) is 11.3. The third-order valence-corrected chi connectivity index (χ3v) is 2.45. The highest BCUT2D eigenvalue weighted by atomic mass is 19.1. The Hall–Kier alpha value is -0.840. The first kappa shape index (κ1) is 14.2. The van der Waals surface area contributed by atoms with Crippen LogP contribution in [-0.2, 0) is 4.74 Å². The number of carbonyl (C=O) groups excluding carboxylic acids is 1. The minimum absolute atomic E-state index is 0.110. The zero-order valence-corrected chi connectivity index (χ0v) is 11.3. The summed E-state index contributed by atoms with van der Waals surface area (Å²) in [6.07, 6.45) is -1.46. The smallest absolute Gasteiger partial charge is 0.410 e. The van der Waals surface area contributed by atoms with Crippen LogP contribution in [0.3, 0.4) is 0 Å². The minimum atomic E-state index is -1.02. The minimum Gasteiger partial charge on any atom is -0.444 e. The topological polar surface area (TPSA) is 41.6 Å². The number of carbonyl (C=O) groups is 1. The van der Waals surface area contributed by atoms with E-state index in [0.717, 1.165) is 0 Å². The quantitative estimate of drug-likeness (QED) is 0.809. The molecule has 0 unspecified atom stereocenters. The predicted molar refractivity (Wildman–Crippen MR) is 64.8 cm³/mol. The summed E-state index contributed by atoms with van der Waals surface area (Å²) in [5, 5.41) is 3.11. The molecule has 1 saturated heterocycles. The van der Waals surface area contributed by atoms with Crippen molar-refractivity contribution in [3.8, 4) is 0 Å². The number of halogens is 1. The summed E-state index contributed by atoms with van der Waals surface area (Å²) in [6, 6.07) is -0.0839. The van der Waals surface area contributed by atoms with E-state index in [2.05, 4.69) is 5.32 Å². The molecule has 0 spiro atoms. The Balaban J connectivity index is 2.51. The van der Waals surface area contributed by atoms with E-state index in [4.69, 9.17) is 4.74 Å². The molecule has 2 atom stereocenters. The second kappa shape index (κ2) is 5.21. The average Bonchev–Trinajstić information content (AvgIpc) is 2.44. The lowest BCUT2D eigenvalue weighted by Gasteiger charge is -2.24. The largest absolute Gasteiger partial charge is 0.444 e. The van der Waals surface area contributed by atoms with Gasteiger partial charge in [-0.25, -0.2) is 9.18 Å². The fraction of sp³-hybridized carbons (Fsp3) is 0.917. The molecule has 4 nitrogen and oxygen atoms in total. The number of amides is 1. The predicted octanol–water partition coefficient (Wildman–Crippen LogP) is 1.94. The molecule has 0 bridgehead atoms. The average molecular weight is 246 g/mol. The van der Waals surface area contributed by atoms with Crippen LogP contribution < -0.4 is 5.32 Å². The maximum Gasteiger partial charge on any atom is 0.410 e. The monoisotopic (exact) mass is 246 g/mol. The lowest BCUT2D eigenvalue weighted by atomic mass is 10.2. The second-order valence-electron chi connectivity index (χ2n) is 5.83. The van der Waals surface area contributed by atoms with Crippen molar-refractivity contribution >= 4 is 6.09 Å². The van der Waals surface area contributed by atoms with E-state index in [9.17, 15) is 9.18 Å². The van der Waals surface area contributed by atoms with Gasteiger partial charge in [0.15, 0.2) is 0 Å². The summed E-state index contributed by atoms with van der Waals surface area (Å²) in [7, 11) is 0. The van der Waals surface area contributed by atoms with Crippen molar-refractivity contribution in [1.29, 1.82) is 0 Å². The SMILES string of the molecule is CC(C)N[C@@H]1CN(C(=O)OC(C)(C)C)C[C@@H]1F. The molecule has 0 saturated carbocycles. The third-order valence-electron chi connectivity index (χ3n) is 2.45. The van der Waals surface area contributed by atoms with Crippen molar-refractivity contribution in [3.05, 3.63) is 0 Å². The third kappa shape index (κ3) is 4.50. The van der Waals surface area contributed by atoms with Gasteiger partial charge in [0.25, 0.3) is 0 Å². The van der Waals surface area contributed by atoms with Crippen LogP contribution in [-0.4, -0.2) is 47.9 Å². The van der Waals surface area contributed by atoms with Gasteiger partial charge in [0.1, 0.15) is 11.8 Å². The maximum absolute atomic E-state index is 13.7. The highest BCUT2D eigenvalue weighted by Crippen LogP contribution is 2.18. The first-order valence-corrected chi connectivity index (χ1v) is 6.07. The normalized spacial score (nSPS) is 25.5. The number of rotatable bonds is 2. The van der Waals surface area contributed by atoms with Crippen LogP contribution in [0.15, 0.2) is 0 Å². The summed E-state index contributed by atoms with van der Waals surface area (Å²) in [4.78, 5) is 13.2. The summed E-state index contributed by atoms with van der Waals surface area (Å²) in [5.74, 6) is 0. The molecular formula is C12H23FN2O2. The molecule has 1 aliphatic rings. The number of hydrogen-bond acceptors (Lipinski definition) is 3. The molecule has 1 aliphatic heterocycles. The maximum atomic E-state index is 13.7. The Labute approximate surface area is 102 Å². The molecular weight excluding hydrogens is 223 g/mol. The summed E-state index contributed by atoms with van der Waals surface area (Å²) >= 11 is 0. The highest BCUT2D eigenvalue weighted by molar-refractivity contribution is 5.68. The van der Waals surface area contributed by atoms with Crippen molar-refractivity contribution in [3.63, 3.8) is 0 Å². The van der Waals surface area contributed by atoms with Crippen LogP contribution in [0.5, 0.6) is 0 Å². The fourth-order valence-electron chi connectivity index (χ4n) is 1.82. The van der Waals surface area contributed by atoms with Crippen LogP contribution in [0.2, 0.25) is 0 Å². The van der Waals surface area contributed by atoms with E-state index in [-0.39, 0.29) is 18.6 Å². The number of alkyl halides is 1. The molecule has 17 heavy (non-hydrogen) atoms. The molecule has 5 heteroatoms. The van der Waals surface area contributed by atoms with Gasteiger partial charge in [-0.1, -0.05) is 13.8 Å². The highest BCUT2D eigenvalue weighted by Gasteiger charge is 2.37. The molecule has 0 radical (unpaired) electrons. The molecule has 0 aromatic heterocycles. The number of nitrogens with one attached hydrogen (secondary N) is 1. The lowest BCUT2D eigenvalue weighted by molar-refractivity contribution is 0.0282. The van der Waals surface area contributed by atoms with E-state index in [1.54, 1.807) is 20.8 Å². The lowest BCUT2D eigenvalue weighted by Crippen LogP contribution is -2.42. The summed E-state index contributed by atoms with van der Waals surface area (Å²) < 4.78 is 18.9. The van der Waals surface area contributed by atoms with Crippen molar-refractivity contribution in [2.75, 3.05) is 13.1 Å². The molecule has 0 aromatic rings. The Morgan fingerprint density at radius 3 is 2.47 bits per heavy atom. The Kier molecular flexibility index (Phi) is 4.36. The van der Waals surface area contributed by atoms with Crippen molar-refractivity contribution in [1.82, 2.24) is 10.2 Å². The van der Waals surface area contributed by atoms with Crippen LogP contribution in [0.25, 0.3) is 0 Å². The van der Waals surface area contributed by atoms with Crippen LogP contribution >= 0.6 is 0 Å². The molecule has 100 valence electrons. The summed E-state index contributed by atoms with van der Waals surface area (Å²) in [5.41, 5.74) is -0.535. The van der Waals surface area contributed by atoms with Gasteiger partial charge >= 0.3 is 6.09 Å². The molecule has 1 N–H and O–H groups in total. The van der Waals surface area contributed by atoms with E-state index in [1.165, 1.54) is 4.90 Å². The molecule has 0 aliphatic carbocycles. The molecule has 0 aromatic carbocycles. The van der Waals surface area contributed by atoms with Gasteiger partial charge in [-0.2, -0.15) is 0 Å². The second-order valence-corrected chi connectivity index (χ2v) is 5.83. The van der Waals surface area contributed by atoms with Gasteiger partial charge in [0, 0.05) is 12.6 Å². The van der Waals surface area contributed by atoms with E-state index in [0.29, 0.717) is 6.54 Å². The first-order chi connectivity index (χ1) is 7.69. The standard InChI is InChI=1S/C12H23FN2O2/c1-8(2)14-10-7-15(6-9(10)13)11(16)17-12(3,4)5/h8-10,14H,6-7H2,1-5H3/t9-,10+/m0/s1. The first-order valence-electron chi connectivity index (χ1n) is 6.07. The van der Waals surface area contributed by atoms with Crippen molar-refractivity contribution < 1.29 is 13.9 Å². The van der Waals surface area contributed by atoms with Gasteiger partial charge in [-0.3, -0.25) is 0 Å². The molecule has 1 rings (SSSR count). The van der Waals surface area contributed by atoms with Gasteiger partial charge in [0.2, 0.25) is 0 Å². The van der Waals surface area contributed by atoms with Gasteiger partial charge < -0.3 is 15.0 Å². The van der Waals surface area contributed by atoms with Gasteiger partial charge in [-0.05, 0) is 20.8 Å². The van der Waals surface area contributed by atoms with Crippen LogP contribution in [0, 0.1) is 0 Å². The van der Waals surface area contributed by atoms with Crippen molar-refractivity contribution in [2.45, 2.75) is 58.5 Å². The molecule has 1 fully saturated rings. The number of likely N-dealkylation sites (tertiary alicyclic amines) is 1. The number of ether oxygens (including phenoxy) is 1. The molecule has 1 heterocycles. The van der Waals surface area contributed by atoms with E-state index in [1.807, 2.05) is 13.8 Å². The van der Waals surface area contributed by atoms with E-state index >= 15 is 0 Å². The fourth-order valence-corrected chi connectivity index (χ4v) is 1.82.